The summed E-state index contributed by atoms with van der Waals surface area (Å²) in [6.45, 7) is 2.77. The highest BCUT2D eigenvalue weighted by Crippen LogP contribution is 2.37. The summed E-state index contributed by atoms with van der Waals surface area (Å²) in [4.78, 5) is 2.88. The van der Waals surface area contributed by atoms with Gasteiger partial charge in [0.05, 0.1) is 0 Å². The van der Waals surface area contributed by atoms with Crippen molar-refractivity contribution < 1.29 is 0 Å². The van der Waals surface area contributed by atoms with Gasteiger partial charge in [-0.1, -0.05) is 32.1 Å². The van der Waals surface area contributed by atoms with E-state index in [-0.39, 0.29) is 0 Å². The van der Waals surface area contributed by atoms with E-state index in [1.807, 2.05) is 0 Å². The summed E-state index contributed by atoms with van der Waals surface area (Å²) in [6.07, 6.45) is 14.7. The summed E-state index contributed by atoms with van der Waals surface area (Å²) in [5.74, 6) is 1.96. The molecule has 1 heterocycles. The lowest BCUT2D eigenvalue weighted by Crippen LogP contribution is -2.43. The van der Waals surface area contributed by atoms with Crippen LogP contribution < -0.4 is 5.32 Å². The lowest BCUT2D eigenvalue weighted by Gasteiger charge is -2.36. The molecule has 0 aromatic carbocycles. The third-order valence-corrected chi connectivity index (χ3v) is 6.12. The van der Waals surface area contributed by atoms with Gasteiger partial charge in [0.25, 0.3) is 0 Å². The van der Waals surface area contributed by atoms with Crippen LogP contribution in [0, 0.1) is 11.8 Å². The maximum Gasteiger partial charge on any atom is 0.0124 e. The molecular weight excluding hydrogens is 232 g/mol. The summed E-state index contributed by atoms with van der Waals surface area (Å²) in [5.41, 5.74) is 0. The molecule has 4 atom stereocenters. The fourth-order valence-electron chi connectivity index (χ4n) is 5.01. The second-order valence-electron chi connectivity index (χ2n) is 7.19. The predicted octanol–water partition coefficient (Wildman–Crippen LogP) is 3.42. The molecule has 2 heteroatoms. The second kappa shape index (κ2) is 6.58. The van der Waals surface area contributed by atoms with E-state index in [9.17, 15) is 0 Å². The minimum absolute atomic E-state index is 0.783. The molecule has 3 aliphatic rings. The first-order chi connectivity index (χ1) is 9.38. The topological polar surface area (TPSA) is 15.3 Å². The van der Waals surface area contributed by atoms with Crippen LogP contribution in [0.5, 0.6) is 0 Å². The Kier molecular flexibility index (Phi) is 4.81. The van der Waals surface area contributed by atoms with Gasteiger partial charge in [-0.3, -0.25) is 4.90 Å². The molecule has 3 fully saturated rings. The summed E-state index contributed by atoms with van der Waals surface area (Å²) in [5, 5.41) is 3.61. The normalized spacial score (nSPS) is 40.9. The molecule has 2 nitrogen and oxygen atoms in total. The molecule has 110 valence electrons. The van der Waals surface area contributed by atoms with Crippen LogP contribution in [0.4, 0.5) is 0 Å². The average Bonchev–Trinajstić information content (AvgIpc) is 2.71. The highest BCUT2D eigenvalue weighted by atomic mass is 15.2. The van der Waals surface area contributed by atoms with Crippen LogP contribution in [-0.4, -0.2) is 37.1 Å². The largest absolute Gasteiger partial charge is 0.317 e. The Morgan fingerprint density at radius 3 is 2.58 bits per heavy atom. The first-order valence-electron chi connectivity index (χ1n) is 8.80. The maximum atomic E-state index is 3.61. The lowest BCUT2D eigenvalue weighted by molar-refractivity contribution is 0.143. The number of rotatable bonds is 3. The fraction of sp³-hybridized carbons (Fsp3) is 1.00. The molecule has 0 spiro atoms. The van der Waals surface area contributed by atoms with Crippen LogP contribution in [0.2, 0.25) is 0 Å². The van der Waals surface area contributed by atoms with Gasteiger partial charge in [0, 0.05) is 18.6 Å². The summed E-state index contributed by atoms with van der Waals surface area (Å²) in [7, 11) is 2.18. The van der Waals surface area contributed by atoms with Gasteiger partial charge in [-0.25, -0.2) is 0 Å². The van der Waals surface area contributed by atoms with E-state index in [2.05, 4.69) is 17.3 Å². The number of nitrogens with one attached hydrogen (secondary N) is 1. The van der Waals surface area contributed by atoms with E-state index < -0.39 is 0 Å². The minimum atomic E-state index is 0.783. The zero-order valence-corrected chi connectivity index (χ0v) is 12.7. The highest BCUT2D eigenvalue weighted by Gasteiger charge is 2.37. The van der Waals surface area contributed by atoms with E-state index in [1.165, 1.54) is 77.3 Å². The SMILES string of the molecule is CNC1CCCCCC1CN1CCC2CCCCC21. The first-order valence-corrected chi connectivity index (χ1v) is 8.80. The van der Waals surface area contributed by atoms with Crippen molar-refractivity contribution in [3.8, 4) is 0 Å². The van der Waals surface area contributed by atoms with E-state index >= 15 is 0 Å². The van der Waals surface area contributed by atoms with Crippen molar-refractivity contribution in [2.45, 2.75) is 76.3 Å². The van der Waals surface area contributed by atoms with Crippen LogP contribution in [-0.2, 0) is 0 Å². The Bertz CT molecular complexity index is 278. The molecule has 2 saturated carbocycles. The molecule has 0 aromatic heterocycles. The monoisotopic (exact) mass is 264 g/mol. The second-order valence-corrected chi connectivity index (χ2v) is 7.19. The Labute approximate surface area is 119 Å². The van der Waals surface area contributed by atoms with Crippen LogP contribution in [0.3, 0.4) is 0 Å². The van der Waals surface area contributed by atoms with Gasteiger partial charge in [0.15, 0.2) is 0 Å². The average molecular weight is 264 g/mol. The van der Waals surface area contributed by atoms with Crippen molar-refractivity contribution in [3.63, 3.8) is 0 Å². The Morgan fingerprint density at radius 2 is 1.68 bits per heavy atom. The van der Waals surface area contributed by atoms with Gasteiger partial charge in [0.2, 0.25) is 0 Å². The van der Waals surface area contributed by atoms with Crippen LogP contribution in [0.15, 0.2) is 0 Å². The molecule has 2 aliphatic carbocycles. The summed E-state index contributed by atoms with van der Waals surface area (Å²) < 4.78 is 0. The van der Waals surface area contributed by atoms with Crippen molar-refractivity contribution in [2.75, 3.05) is 20.1 Å². The smallest absolute Gasteiger partial charge is 0.0124 e. The molecular formula is C17H32N2. The zero-order valence-electron chi connectivity index (χ0n) is 12.7. The Hall–Kier alpha value is -0.0800. The lowest BCUT2D eigenvalue weighted by atomic mass is 9.84. The van der Waals surface area contributed by atoms with E-state index in [0.29, 0.717) is 0 Å². The molecule has 1 saturated heterocycles. The number of fused-ring (bicyclic) bond motifs is 1. The van der Waals surface area contributed by atoms with Crippen molar-refractivity contribution >= 4 is 0 Å². The standard InChI is InChI=1S/C17H32N2/c1-18-16-9-4-2-3-8-15(16)13-19-12-11-14-7-5-6-10-17(14)19/h14-18H,2-13H2,1H3. The molecule has 1 aliphatic heterocycles. The molecule has 3 rings (SSSR count). The number of hydrogen-bond acceptors (Lipinski definition) is 2. The van der Waals surface area contributed by atoms with Gasteiger partial charge >= 0.3 is 0 Å². The minimum Gasteiger partial charge on any atom is -0.317 e. The number of hydrogen-bond donors (Lipinski definition) is 1. The van der Waals surface area contributed by atoms with Crippen LogP contribution in [0.25, 0.3) is 0 Å². The van der Waals surface area contributed by atoms with Crippen molar-refractivity contribution in [1.82, 2.24) is 10.2 Å². The number of nitrogens with zero attached hydrogens (tertiary/aromatic N) is 1. The van der Waals surface area contributed by atoms with Gasteiger partial charge in [-0.05, 0) is 57.5 Å². The van der Waals surface area contributed by atoms with Crippen molar-refractivity contribution in [1.29, 1.82) is 0 Å². The van der Waals surface area contributed by atoms with E-state index in [1.54, 1.807) is 0 Å². The Balaban J connectivity index is 1.59. The predicted molar refractivity (Wildman–Crippen MR) is 81.4 cm³/mol. The summed E-state index contributed by atoms with van der Waals surface area (Å²) in [6, 6.07) is 1.74. The van der Waals surface area contributed by atoms with Gasteiger partial charge in [-0.2, -0.15) is 0 Å². The van der Waals surface area contributed by atoms with Crippen LogP contribution in [0.1, 0.15) is 64.2 Å². The van der Waals surface area contributed by atoms with Gasteiger partial charge in [0.1, 0.15) is 0 Å². The highest BCUT2D eigenvalue weighted by molar-refractivity contribution is 4.92. The van der Waals surface area contributed by atoms with Gasteiger partial charge < -0.3 is 5.32 Å². The molecule has 4 unspecified atom stereocenters. The molecule has 0 aromatic rings. The molecule has 19 heavy (non-hydrogen) atoms. The van der Waals surface area contributed by atoms with Crippen molar-refractivity contribution in [3.05, 3.63) is 0 Å². The Morgan fingerprint density at radius 1 is 0.895 bits per heavy atom. The fourth-order valence-corrected chi connectivity index (χ4v) is 5.01. The van der Waals surface area contributed by atoms with Gasteiger partial charge in [-0.15, -0.1) is 0 Å². The maximum absolute atomic E-state index is 3.61. The molecule has 0 radical (unpaired) electrons. The summed E-state index contributed by atoms with van der Waals surface area (Å²) >= 11 is 0. The first kappa shape index (κ1) is 13.9. The zero-order chi connectivity index (χ0) is 13.1. The molecule has 0 amide bonds. The number of likely N-dealkylation sites (tertiary alicyclic amines) is 1. The molecule has 0 bridgehead atoms. The van der Waals surface area contributed by atoms with Crippen LogP contribution >= 0.6 is 0 Å². The third-order valence-electron chi connectivity index (χ3n) is 6.12. The quantitative estimate of drug-likeness (QED) is 0.786. The molecule has 1 N–H and O–H groups in total. The van der Waals surface area contributed by atoms with E-state index in [0.717, 1.165) is 23.9 Å². The third kappa shape index (κ3) is 3.16. The van der Waals surface area contributed by atoms with Crippen molar-refractivity contribution in [2.24, 2.45) is 11.8 Å². The van der Waals surface area contributed by atoms with E-state index in [4.69, 9.17) is 0 Å².